The minimum atomic E-state index is -0.470. The van der Waals surface area contributed by atoms with Crippen molar-refractivity contribution >= 4 is 5.69 Å². The average Bonchev–Trinajstić information content (AvgIpc) is 2.94. The molecule has 0 fully saturated rings. The topological polar surface area (TPSA) is 108 Å². The first-order valence-corrected chi connectivity index (χ1v) is 6.46. The fourth-order valence-corrected chi connectivity index (χ4v) is 1.86. The minimum absolute atomic E-state index is 0.0537. The molecule has 0 saturated carbocycles. The van der Waals surface area contributed by atoms with Crippen LogP contribution in [0.1, 0.15) is 38.1 Å². The third kappa shape index (κ3) is 3.00. The molecule has 0 bridgehead atoms. The van der Waals surface area contributed by atoms with Gasteiger partial charge in [0.15, 0.2) is 0 Å². The zero-order valence-electron chi connectivity index (χ0n) is 11.2. The largest absolute Gasteiger partial charge is 0.337 e. The van der Waals surface area contributed by atoms with E-state index in [1.165, 1.54) is 6.07 Å². The molecular weight excluding hydrogens is 260 g/mol. The van der Waals surface area contributed by atoms with E-state index in [0.717, 1.165) is 19.3 Å². The third-order valence-corrected chi connectivity index (χ3v) is 2.97. The standard InChI is InChI=1S/C13H16N4O3/c1-2-3-7-10(14)13-15-12(16-20-13)9-6-4-5-8-11(9)17(18)19/h4-6,8,10H,2-3,7,14H2,1H3. The summed E-state index contributed by atoms with van der Waals surface area (Å²) in [7, 11) is 0. The van der Waals surface area contributed by atoms with Crippen LogP contribution >= 0.6 is 0 Å². The van der Waals surface area contributed by atoms with Gasteiger partial charge in [0.05, 0.1) is 11.0 Å². The van der Waals surface area contributed by atoms with E-state index >= 15 is 0 Å². The summed E-state index contributed by atoms with van der Waals surface area (Å²) < 4.78 is 5.10. The number of nitrogens with two attached hydrogens (primary N) is 1. The number of nitro benzene ring substituents is 1. The van der Waals surface area contributed by atoms with Crippen molar-refractivity contribution in [1.82, 2.24) is 10.1 Å². The Labute approximate surface area is 115 Å². The van der Waals surface area contributed by atoms with Crippen LogP contribution in [0.2, 0.25) is 0 Å². The summed E-state index contributed by atoms with van der Waals surface area (Å²) >= 11 is 0. The lowest BCUT2D eigenvalue weighted by molar-refractivity contribution is -0.384. The van der Waals surface area contributed by atoms with Crippen LogP contribution in [0.3, 0.4) is 0 Å². The van der Waals surface area contributed by atoms with Crippen molar-refractivity contribution in [3.05, 3.63) is 40.3 Å². The lowest BCUT2D eigenvalue weighted by Crippen LogP contribution is -2.10. The molecule has 0 radical (unpaired) electrons. The van der Waals surface area contributed by atoms with Gasteiger partial charge in [0.25, 0.3) is 5.69 Å². The van der Waals surface area contributed by atoms with Gasteiger partial charge in [-0.3, -0.25) is 10.1 Å². The van der Waals surface area contributed by atoms with Gasteiger partial charge in [-0.2, -0.15) is 4.98 Å². The van der Waals surface area contributed by atoms with Crippen LogP contribution in [0.4, 0.5) is 5.69 Å². The molecule has 0 amide bonds. The maximum atomic E-state index is 11.0. The quantitative estimate of drug-likeness (QED) is 0.642. The van der Waals surface area contributed by atoms with Crippen LogP contribution in [0.15, 0.2) is 28.8 Å². The summed E-state index contributed by atoms with van der Waals surface area (Å²) in [6, 6.07) is 5.94. The Balaban J connectivity index is 2.27. The van der Waals surface area contributed by atoms with Gasteiger partial charge >= 0.3 is 0 Å². The van der Waals surface area contributed by atoms with Crippen molar-refractivity contribution < 1.29 is 9.45 Å². The monoisotopic (exact) mass is 276 g/mol. The summed E-state index contributed by atoms with van der Waals surface area (Å²) in [6.45, 7) is 2.07. The molecule has 2 aromatic rings. The smallest absolute Gasteiger partial charge is 0.280 e. The Bertz CT molecular complexity index is 597. The SMILES string of the molecule is CCCCC(N)c1nc(-c2ccccc2[N+](=O)[O-])no1. The van der Waals surface area contributed by atoms with E-state index < -0.39 is 4.92 Å². The second-order valence-electron chi connectivity index (χ2n) is 4.48. The molecular formula is C13H16N4O3. The van der Waals surface area contributed by atoms with Gasteiger partial charge in [0, 0.05) is 6.07 Å². The molecule has 1 atom stereocenters. The number of para-hydroxylation sites is 1. The average molecular weight is 276 g/mol. The Morgan fingerprint density at radius 2 is 2.20 bits per heavy atom. The van der Waals surface area contributed by atoms with E-state index in [1.807, 2.05) is 0 Å². The highest BCUT2D eigenvalue weighted by molar-refractivity contribution is 5.67. The van der Waals surface area contributed by atoms with Crippen LogP contribution in [0.5, 0.6) is 0 Å². The first-order valence-electron chi connectivity index (χ1n) is 6.46. The van der Waals surface area contributed by atoms with Gasteiger partial charge in [-0.25, -0.2) is 0 Å². The summed E-state index contributed by atoms with van der Waals surface area (Å²) in [5.41, 5.74) is 6.22. The predicted molar refractivity (Wildman–Crippen MR) is 72.8 cm³/mol. The first-order chi connectivity index (χ1) is 9.63. The van der Waals surface area contributed by atoms with Crippen LogP contribution in [0, 0.1) is 10.1 Å². The molecule has 2 N–H and O–H groups in total. The first kappa shape index (κ1) is 14.1. The summed E-state index contributed by atoms with van der Waals surface area (Å²) in [4.78, 5) is 14.7. The second kappa shape index (κ2) is 6.25. The second-order valence-corrected chi connectivity index (χ2v) is 4.48. The lowest BCUT2D eigenvalue weighted by Gasteiger charge is -2.03. The zero-order valence-corrected chi connectivity index (χ0v) is 11.2. The van der Waals surface area contributed by atoms with Gasteiger partial charge in [0.2, 0.25) is 11.7 Å². The van der Waals surface area contributed by atoms with E-state index in [0.29, 0.717) is 11.5 Å². The van der Waals surface area contributed by atoms with E-state index in [-0.39, 0.29) is 17.6 Å². The number of benzene rings is 1. The minimum Gasteiger partial charge on any atom is -0.337 e. The highest BCUT2D eigenvalue weighted by atomic mass is 16.6. The summed E-state index contributed by atoms with van der Waals surface area (Å²) in [5, 5.41) is 14.8. The van der Waals surface area contributed by atoms with Gasteiger partial charge in [-0.05, 0) is 12.5 Å². The number of unbranched alkanes of at least 4 members (excludes halogenated alkanes) is 1. The zero-order chi connectivity index (χ0) is 14.5. The lowest BCUT2D eigenvalue weighted by atomic mass is 10.1. The highest BCUT2D eigenvalue weighted by Crippen LogP contribution is 2.28. The van der Waals surface area contributed by atoms with Crippen molar-refractivity contribution in [2.45, 2.75) is 32.2 Å². The van der Waals surface area contributed by atoms with Crippen LogP contribution in [0.25, 0.3) is 11.4 Å². The summed E-state index contributed by atoms with van der Waals surface area (Å²) in [6.07, 6.45) is 2.73. The molecule has 1 aromatic carbocycles. The van der Waals surface area contributed by atoms with Gasteiger partial charge in [-0.15, -0.1) is 0 Å². The number of rotatable bonds is 6. The molecule has 0 saturated heterocycles. The molecule has 20 heavy (non-hydrogen) atoms. The van der Waals surface area contributed by atoms with Gasteiger partial charge in [-0.1, -0.05) is 37.1 Å². The van der Waals surface area contributed by atoms with Crippen LogP contribution in [-0.2, 0) is 0 Å². The molecule has 106 valence electrons. The molecule has 7 nitrogen and oxygen atoms in total. The molecule has 7 heteroatoms. The van der Waals surface area contributed by atoms with Crippen molar-refractivity contribution in [2.24, 2.45) is 5.73 Å². The van der Waals surface area contributed by atoms with Crippen LogP contribution < -0.4 is 5.73 Å². The number of hydrogen-bond donors (Lipinski definition) is 1. The van der Waals surface area contributed by atoms with Crippen LogP contribution in [-0.4, -0.2) is 15.1 Å². The molecule has 0 spiro atoms. The third-order valence-electron chi connectivity index (χ3n) is 2.97. The summed E-state index contributed by atoms with van der Waals surface area (Å²) in [5.74, 6) is 0.505. The molecule has 2 rings (SSSR count). The predicted octanol–water partition coefficient (Wildman–Crippen LogP) is 2.83. The van der Waals surface area contributed by atoms with Gasteiger partial charge in [0.1, 0.15) is 5.56 Å². The maximum Gasteiger partial charge on any atom is 0.280 e. The number of aromatic nitrogens is 2. The highest BCUT2D eigenvalue weighted by Gasteiger charge is 2.21. The Morgan fingerprint density at radius 1 is 1.45 bits per heavy atom. The fraction of sp³-hybridized carbons (Fsp3) is 0.385. The normalized spacial score (nSPS) is 12.3. The van der Waals surface area contributed by atoms with E-state index in [4.69, 9.17) is 10.3 Å². The van der Waals surface area contributed by atoms with Crippen molar-refractivity contribution in [2.75, 3.05) is 0 Å². The molecule has 0 aliphatic rings. The van der Waals surface area contributed by atoms with Crippen molar-refractivity contribution in [1.29, 1.82) is 0 Å². The molecule has 1 heterocycles. The molecule has 1 aromatic heterocycles. The van der Waals surface area contributed by atoms with Crippen molar-refractivity contribution in [3.63, 3.8) is 0 Å². The maximum absolute atomic E-state index is 11.0. The van der Waals surface area contributed by atoms with E-state index in [9.17, 15) is 10.1 Å². The van der Waals surface area contributed by atoms with E-state index in [2.05, 4.69) is 17.1 Å². The number of nitrogens with zero attached hydrogens (tertiary/aromatic N) is 3. The number of hydrogen-bond acceptors (Lipinski definition) is 6. The molecule has 0 aliphatic heterocycles. The Kier molecular flexibility index (Phi) is 4.41. The Morgan fingerprint density at radius 3 is 2.90 bits per heavy atom. The Hall–Kier alpha value is -2.28. The van der Waals surface area contributed by atoms with E-state index in [1.54, 1.807) is 18.2 Å². The molecule has 1 unspecified atom stereocenters. The molecule has 0 aliphatic carbocycles. The van der Waals surface area contributed by atoms with Gasteiger partial charge < -0.3 is 10.3 Å². The number of nitro groups is 1. The fourth-order valence-electron chi connectivity index (χ4n) is 1.86. The van der Waals surface area contributed by atoms with Crippen molar-refractivity contribution in [3.8, 4) is 11.4 Å².